The van der Waals surface area contributed by atoms with Crippen LogP contribution in [0, 0.1) is 9.28 Å². The highest BCUT2D eigenvalue weighted by atomic mass is 32.1. The minimum atomic E-state index is -0.622. The van der Waals surface area contributed by atoms with Crippen molar-refractivity contribution in [2.24, 2.45) is 0 Å². The Kier molecular flexibility index (Phi) is 5.80. The first kappa shape index (κ1) is 19.6. The monoisotopic (exact) mass is 420 g/mol. The summed E-state index contributed by atoms with van der Waals surface area (Å²) < 4.78 is 13.1. The topological polar surface area (TPSA) is 120 Å². The lowest BCUT2D eigenvalue weighted by atomic mass is 10.2. The van der Waals surface area contributed by atoms with Gasteiger partial charge in [-0.3, -0.25) is 0 Å². The number of carbonyl (C=O) groups is 2. The summed E-state index contributed by atoms with van der Waals surface area (Å²) in [5, 5.41) is 13.3. The normalized spacial score (nSPS) is 10.6. The molecule has 0 saturated heterocycles. The van der Waals surface area contributed by atoms with Crippen LogP contribution in [0.1, 0.15) is 34.8 Å². The molecular formula is C16H16N6O4S2. The second-order valence-electron chi connectivity index (χ2n) is 5.33. The van der Waals surface area contributed by atoms with Crippen LogP contribution in [-0.4, -0.2) is 55.1 Å². The Morgan fingerprint density at radius 1 is 0.893 bits per heavy atom. The molecule has 0 fully saturated rings. The third kappa shape index (κ3) is 3.51. The highest BCUT2D eigenvalue weighted by molar-refractivity contribution is 7.71. The summed E-state index contributed by atoms with van der Waals surface area (Å²) in [6.07, 6.45) is 0. The van der Waals surface area contributed by atoms with Gasteiger partial charge in [-0.2, -0.15) is 0 Å². The number of aromatic nitrogens is 6. The van der Waals surface area contributed by atoms with E-state index in [2.05, 4.69) is 20.6 Å². The van der Waals surface area contributed by atoms with E-state index >= 15 is 0 Å². The van der Waals surface area contributed by atoms with Crippen LogP contribution in [0.25, 0.3) is 11.4 Å². The van der Waals surface area contributed by atoms with Gasteiger partial charge in [-0.15, -0.1) is 10.2 Å². The Labute approximate surface area is 169 Å². The van der Waals surface area contributed by atoms with Crippen molar-refractivity contribution in [3.8, 4) is 11.4 Å². The average molecular weight is 420 g/mol. The van der Waals surface area contributed by atoms with E-state index in [9.17, 15) is 9.59 Å². The van der Waals surface area contributed by atoms with Gasteiger partial charge in [0.25, 0.3) is 0 Å². The van der Waals surface area contributed by atoms with Gasteiger partial charge in [0.05, 0.1) is 24.6 Å². The van der Waals surface area contributed by atoms with Gasteiger partial charge in [-0.1, -0.05) is 36.6 Å². The summed E-state index contributed by atoms with van der Waals surface area (Å²) in [6.45, 7) is 3.80. The van der Waals surface area contributed by atoms with Gasteiger partial charge in [-0.25, -0.2) is 29.4 Å². The van der Waals surface area contributed by atoms with Crippen molar-refractivity contribution in [3.63, 3.8) is 0 Å². The van der Waals surface area contributed by atoms with Crippen molar-refractivity contribution in [3.05, 3.63) is 44.9 Å². The van der Waals surface area contributed by atoms with Crippen molar-refractivity contribution in [2.75, 3.05) is 13.2 Å². The van der Waals surface area contributed by atoms with E-state index in [0.29, 0.717) is 11.4 Å². The van der Waals surface area contributed by atoms with E-state index in [1.165, 1.54) is 9.36 Å². The molecule has 10 nitrogen and oxygen atoms in total. The molecule has 0 radical (unpaired) electrons. The van der Waals surface area contributed by atoms with Gasteiger partial charge in [0.1, 0.15) is 0 Å². The van der Waals surface area contributed by atoms with E-state index in [-0.39, 0.29) is 33.9 Å². The third-order valence-electron chi connectivity index (χ3n) is 3.64. The fraction of sp³-hybridized carbons (Fsp3) is 0.250. The first-order valence-corrected chi connectivity index (χ1v) is 9.10. The highest BCUT2D eigenvalue weighted by Crippen LogP contribution is 2.20. The average Bonchev–Trinajstić information content (AvgIpc) is 3.25. The molecule has 3 aromatic rings. The molecule has 28 heavy (non-hydrogen) atoms. The molecular weight excluding hydrogens is 404 g/mol. The molecule has 0 aliphatic carbocycles. The van der Waals surface area contributed by atoms with Crippen molar-refractivity contribution >= 4 is 36.4 Å². The zero-order chi connectivity index (χ0) is 20.3. The molecule has 0 bridgehead atoms. The first-order valence-electron chi connectivity index (χ1n) is 8.28. The minimum absolute atomic E-state index is 0.00734. The number of esters is 2. The Balaban J connectivity index is 2.10. The van der Waals surface area contributed by atoms with Crippen molar-refractivity contribution in [2.45, 2.75) is 13.8 Å². The van der Waals surface area contributed by atoms with Crippen LogP contribution in [0.4, 0.5) is 0 Å². The number of nitrogens with zero attached hydrogens (tertiary/aromatic N) is 4. The molecule has 0 aliphatic heterocycles. The van der Waals surface area contributed by atoms with Crippen LogP contribution in [0.15, 0.2) is 24.3 Å². The SMILES string of the molecule is CCOC(=O)c1n[nH]n(-c2ccccc2-n2[nH]nc(C(=O)OCC)c2=S)c1=S. The molecule has 0 saturated carbocycles. The Hall–Kier alpha value is -3.12. The molecule has 146 valence electrons. The Morgan fingerprint density at radius 3 is 1.64 bits per heavy atom. The number of para-hydroxylation sites is 2. The number of benzene rings is 1. The minimum Gasteiger partial charge on any atom is -0.461 e. The fourth-order valence-corrected chi connectivity index (χ4v) is 2.97. The predicted octanol–water partition coefficient (Wildman–Crippen LogP) is 2.53. The molecule has 0 aliphatic rings. The predicted molar refractivity (Wildman–Crippen MR) is 103 cm³/mol. The number of H-pyrrole nitrogens is 2. The van der Waals surface area contributed by atoms with E-state index in [4.69, 9.17) is 33.9 Å². The second kappa shape index (κ2) is 8.27. The van der Waals surface area contributed by atoms with Crippen molar-refractivity contribution in [1.29, 1.82) is 0 Å². The molecule has 2 aromatic heterocycles. The molecule has 3 rings (SSSR count). The molecule has 2 N–H and O–H groups in total. The number of hydrogen-bond donors (Lipinski definition) is 2. The lowest BCUT2D eigenvalue weighted by molar-refractivity contribution is 0.0509. The molecule has 2 heterocycles. The van der Waals surface area contributed by atoms with E-state index in [1.54, 1.807) is 38.1 Å². The van der Waals surface area contributed by atoms with Gasteiger partial charge in [0, 0.05) is 0 Å². The summed E-state index contributed by atoms with van der Waals surface area (Å²) in [6, 6.07) is 7.03. The van der Waals surface area contributed by atoms with Crippen LogP contribution in [0.3, 0.4) is 0 Å². The zero-order valence-electron chi connectivity index (χ0n) is 15.0. The number of ether oxygens (including phenoxy) is 2. The first-order chi connectivity index (χ1) is 13.5. The molecule has 1 aromatic carbocycles. The lowest BCUT2D eigenvalue weighted by Gasteiger charge is -2.09. The fourth-order valence-electron chi connectivity index (χ4n) is 2.43. The zero-order valence-corrected chi connectivity index (χ0v) is 16.6. The smallest absolute Gasteiger partial charge is 0.362 e. The second-order valence-corrected chi connectivity index (χ2v) is 6.10. The van der Waals surface area contributed by atoms with E-state index in [1.807, 2.05) is 0 Å². The highest BCUT2D eigenvalue weighted by Gasteiger charge is 2.20. The number of aromatic amines is 2. The maximum Gasteiger partial charge on any atom is 0.362 e. The van der Waals surface area contributed by atoms with Crippen LogP contribution >= 0.6 is 24.4 Å². The lowest BCUT2D eigenvalue weighted by Crippen LogP contribution is -2.08. The Bertz CT molecular complexity index is 1050. The van der Waals surface area contributed by atoms with Gasteiger partial charge < -0.3 is 9.47 Å². The molecule has 0 spiro atoms. The van der Waals surface area contributed by atoms with Crippen LogP contribution in [0.5, 0.6) is 0 Å². The number of nitrogens with one attached hydrogen (secondary N) is 2. The summed E-state index contributed by atoms with van der Waals surface area (Å²) >= 11 is 10.7. The van der Waals surface area contributed by atoms with Crippen LogP contribution < -0.4 is 0 Å². The molecule has 0 unspecified atom stereocenters. The quantitative estimate of drug-likeness (QED) is 0.461. The number of rotatable bonds is 6. The van der Waals surface area contributed by atoms with Gasteiger partial charge in [0.15, 0.2) is 9.28 Å². The summed E-state index contributed by atoms with van der Waals surface area (Å²) in [4.78, 5) is 24.0. The third-order valence-corrected chi connectivity index (χ3v) is 4.39. The maximum atomic E-state index is 12.0. The van der Waals surface area contributed by atoms with Gasteiger partial charge in [-0.05, 0) is 26.0 Å². The van der Waals surface area contributed by atoms with E-state index < -0.39 is 11.9 Å². The number of hydrogen-bond acceptors (Lipinski definition) is 8. The van der Waals surface area contributed by atoms with Crippen molar-refractivity contribution < 1.29 is 19.1 Å². The summed E-state index contributed by atoms with van der Waals surface area (Å²) in [5.41, 5.74) is 1.05. The van der Waals surface area contributed by atoms with Crippen LogP contribution in [-0.2, 0) is 9.47 Å². The summed E-state index contributed by atoms with van der Waals surface area (Å²) in [5.74, 6) is -1.24. The van der Waals surface area contributed by atoms with E-state index in [0.717, 1.165) is 0 Å². The standard InChI is InChI=1S/C16H16N6O4S2/c1-3-25-15(23)11-13(27)21(19-17-11)9-7-5-6-8-10(9)22-14(28)12(18-20-22)16(24)26-4-2/h5-8,19-20H,3-4H2,1-2H3. The molecule has 0 atom stereocenters. The van der Waals surface area contributed by atoms with Gasteiger partial charge in [0.2, 0.25) is 11.4 Å². The largest absolute Gasteiger partial charge is 0.461 e. The van der Waals surface area contributed by atoms with Crippen molar-refractivity contribution in [1.82, 2.24) is 30.0 Å². The molecule has 12 heteroatoms. The number of carbonyl (C=O) groups excluding carboxylic acids is 2. The Morgan fingerprint density at radius 2 is 1.29 bits per heavy atom. The molecule has 0 amide bonds. The maximum absolute atomic E-state index is 12.0. The summed E-state index contributed by atoms with van der Waals surface area (Å²) in [7, 11) is 0. The van der Waals surface area contributed by atoms with Gasteiger partial charge >= 0.3 is 11.9 Å². The van der Waals surface area contributed by atoms with Crippen LogP contribution in [0.2, 0.25) is 0 Å².